The van der Waals surface area contributed by atoms with Gasteiger partial charge in [0.2, 0.25) is 11.8 Å². The minimum absolute atomic E-state index is 0.0170. The van der Waals surface area contributed by atoms with Crippen molar-refractivity contribution >= 4 is 56.4 Å². The normalized spacial score (nSPS) is 18.3. The van der Waals surface area contributed by atoms with Crippen LogP contribution in [0.25, 0.3) is 21.5 Å². The molecule has 5 aliphatic rings. The summed E-state index contributed by atoms with van der Waals surface area (Å²) in [6.07, 6.45) is 5.40. The van der Waals surface area contributed by atoms with Crippen molar-refractivity contribution in [3.8, 4) is 17.8 Å². The first kappa shape index (κ1) is 51.0. The lowest BCUT2D eigenvalue weighted by atomic mass is 10.0. The fourth-order valence-corrected chi connectivity index (χ4v) is 11.2. The fraction of sp³-hybridized carbons (Fsp3) is 0.414. The van der Waals surface area contributed by atoms with Crippen LogP contribution in [0.5, 0.6) is 17.8 Å². The van der Waals surface area contributed by atoms with Crippen LogP contribution in [-0.2, 0) is 35.5 Å². The largest absolute Gasteiger partial charge is 0.508 e. The number of aromatic nitrogens is 4. The molecule has 0 radical (unpaired) electrons. The van der Waals surface area contributed by atoms with E-state index in [1.807, 2.05) is 55.1 Å². The lowest BCUT2D eigenvalue weighted by molar-refractivity contribution is -0.127. The molecule has 17 nitrogen and oxygen atoms in total. The van der Waals surface area contributed by atoms with Crippen molar-refractivity contribution in [3.05, 3.63) is 127 Å². The van der Waals surface area contributed by atoms with E-state index < -0.39 is 0 Å². The molecule has 3 fully saturated rings. The third kappa shape index (κ3) is 11.4. The lowest BCUT2D eigenvalue weighted by Gasteiger charge is -2.38. The maximum atomic E-state index is 12.1. The van der Waals surface area contributed by atoms with Crippen LogP contribution in [0.15, 0.2) is 104 Å². The van der Waals surface area contributed by atoms with E-state index in [0.717, 1.165) is 110 Å². The number of nitrogens with zero attached hydrogens (tertiary/aromatic N) is 12. The number of hydrogen-bond acceptors (Lipinski definition) is 15. The Bertz CT molecular complexity index is 3060. The number of piperazine rings is 2. The zero-order chi connectivity index (χ0) is 52.2. The number of phenols is 1. The predicted molar refractivity (Wildman–Crippen MR) is 296 cm³/mol. The summed E-state index contributed by atoms with van der Waals surface area (Å²) in [6, 6.07) is 27.6. The van der Waals surface area contributed by atoms with Crippen LogP contribution in [-0.4, -0.2) is 175 Å². The number of ether oxygens (including phenoxy) is 2. The molecule has 0 saturated carbocycles. The summed E-state index contributed by atoms with van der Waals surface area (Å²) < 4.78 is 12.5. The smallest absolute Gasteiger partial charge is 0.318 e. The highest BCUT2D eigenvalue weighted by atomic mass is 16.5. The SMILES string of the molecule is C=CC(=O)N1CCN(c2nc(OC(C)CN(C)C)nc3c2CCN(c2cccc4ccccc24)C3)CC1.C=CC(=O)N1CCN(c2nc(OC3CCN(C)C3)nc3c2CCN(c2cc(O)cc4ccccc24)C3)CC1. The second-order valence-corrected chi connectivity index (χ2v) is 20.6. The van der Waals surface area contributed by atoms with Crippen LogP contribution in [0.4, 0.5) is 23.0 Å². The molecule has 4 aromatic carbocycles. The molecule has 11 rings (SSSR count). The topological polar surface area (TPSA) is 150 Å². The van der Waals surface area contributed by atoms with Gasteiger partial charge in [-0.2, -0.15) is 19.9 Å². The Hall–Kier alpha value is -7.50. The monoisotopic (exact) mass is 1010 g/mol. The molecule has 75 heavy (non-hydrogen) atoms. The number of fused-ring (bicyclic) bond motifs is 4. The van der Waals surface area contributed by atoms with Gasteiger partial charge in [-0.3, -0.25) is 9.59 Å². The Morgan fingerprint density at radius 2 is 1.20 bits per heavy atom. The molecule has 5 aliphatic heterocycles. The van der Waals surface area contributed by atoms with Gasteiger partial charge < -0.3 is 53.8 Å². The van der Waals surface area contributed by atoms with Gasteiger partial charge in [-0.25, -0.2) is 0 Å². The van der Waals surface area contributed by atoms with E-state index in [1.165, 1.54) is 34.2 Å². The highest BCUT2D eigenvalue weighted by molar-refractivity contribution is 5.96. The summed E-state index contributed by atoms with van der Waals surface area (Å²) in [6.45, 7) is 20.4. The first-order valence-corrected chi connectivity index (χ1v) is 26.4. The van der Waals surface area contributed by atoms with Crippen LogP contribution in [0.2, 0.25) is 0 Å². The van der Waals surface area contributed by atoms with Gasteiger partial charge in [-0.15, -0.1) is 0 Å². The Morgan fingerprint density at radius 3 is 1.77 bits per heavy atom. The molecule has 0 spiro atoms. The van der Waals surface area contributed by atoms with Gasteiger partial charge in [-0.1, -0.05) is 73.8 Å². The van der Waals surface area contributed by atoms with E-state index >= 15 is 0 Å². The van der Waals surface area contributed by atoms with Crippen molar-refractivity contribution in [1.29, 1.82) is 0 Å². The van der Waals surface area contributed by atoms with E-state index in [2.05, 4.69) is 98.1 Å². The van der Waals surface area contributed by atoms with Crippen molar-refractivity contribution in [1.82, 2.24) is 39.5 Å². The molecule has 7 heterocycles. The number of likely N-dealkylation sites (N-methyl/N-ethyl adjacent to an activating group) is 2. The van der Waals surface area contributed by atoms with Crippen molar-refractivity contribution in [2.75, 3.05) is 126 Å². The number of benzene rings is 4. The zero-order valence-electron chi connectivity index (χ0n) is 43.9. The van der Waals surface area contributed by atoms with E-state index in [1.54, 1.807) is 6.07 Å². The number of hydrogen-bond donors (Lipinski definition) is 1. The first-order chi connectivity index (χ1) is 36.4. The number of aromatic hydroxyl groups is 1. The number of likely N-dealkylation sites (tertiary alicyclic amines) is 1. The summed E-state index contributed by atoms with van der Waals surface area (Å²) in [5, 5.41) is 15.0. The minimum atomic E-state index is -0.0410. The highest BCUT2D eigenvalue weighted by Crippen LogP contribution is 2.38. The molecule has 6 aromatic rings. The Balaban J connectivity index is 0.000000171. The number of phenolic OH excluding ortho intramolecular Hbond substituents is 1. The van der Waals surface area contributed by atoms with Gasteiger partial charge in [0.15, 0.2) is 0 Å². The summed E-state index contributed by atoms with van der Waals surface area (Å²) in [5.41, 5.74) is 6.53. The first-order valence-electron chi connectivity index (χ1n) is 26.4. The average Bonchev–Trinajstić information content (AvgIpc) is 3.85. The van der Waals surface area contributed by atoms with Gasteiger partial charge in [0, 0.05) is 124 Å². The quantitative estimate of drug-likeness (QED) is 0.139. The maximum absolute atomic E-state index is 12.1. The second kappa shape index (κ2) is 22.5. The summed E-state index contributed by atoms with van der Waals surface area (Å²) >= 11 is 0. The van der Waals surface area contributed by atoms with E-state index in [4.69, 9.17) is 29.4 Å². The number of amides is 2. The third-order valence-corrected chi connectivity index (χ3v) is 15.0. The Kier molecular flexibility index (Phi) is 15.3. The fourth-order valence-electron chi connectivity index (χ4n) is 11.2. The molecule has 2 aromatic heterocycles. The van der Waals surface area contributed by atoms with Gasteiger partial charge in [0.25, 0.3) is 0 Å². The molecular formula is C58H70N12O5. The van der Waals surface area contributed by atoms with Gasteiger partial charge in [0.05, 0.1) is 24.5 Å². The summed E-state index contributed by atoms with van der Waals surface area (Å²) in [5.74, 6) is 2.08. The van der Waals surface area contributed by atoms with Crippen molar-refractivity contribution in [2.45, 2.75) is 51.5 Å². The van der Waals surface area contributed by atoms with Gasteiger partial charge in [0.1, 0.15) is 29.6 Å². The Morgan fingerprint density at radius 1 is 0.667 bits per heavy atom. The molecule has 17 heteroatoms. The zero-order valence-corrected chi connectivity index (χ0v) is 43.9. The molecule has 0 bridgehead atoms. The molecule has 2 amide bonds. The maximum Gasteiger partial charge on any atom is 0.318 e. The number of rotatable bonds is 12. The van der Waals surface area contributed by atoms with Crippen LogP contribution in [0.1, 0.15) is 35.9 Å². The number of carbonyl (C=O) groups excluding carboxylic acids is 2. The lowest BCUT2D eigenvalue weighted by Crippen LogP contribution is -2.49. The predicted octanol–water partition coefficient (Wildman–Crippen LogP) is 6.17. The minimum Gasteiger partial charge on any atom is -0.508 e. The number of carbonyl (C=O) groups is 2. The van der Waals surface area contributed by atoms with Gasteiger partial charge in [-0.05, 0) is 82.4 Å². The van der Waals surface area contributed by atoms with Gasteiger partial charge >= 0.3 is 12.0 Å². The van der Waals surface area contributed by atoms with Crippen LogP contribution in [0.3, 0.4) is 0 Å². The summed E-state index contributed by atoms with van der Waals surface area (Å²) in [7, 11) is 6.17. The van der Waals surface area contributed by atoms with Crippen molar-refractivity contribution < 1.29 is 24.2 Å². The Labute approximate surface area is 440 Å². The van der Waals surface area contributed by atoms with Crippen molar-refractivity contribution in [3.63, 3.8) is 0 Å². The molecule has 2 atom stereocenters. The molecule has 3 saturated heterocycles. The van der Waals surface area contributed by atoms with E-state index in [0.29, 0.717) is 64.4 Å². The number of anilines is 4. The molecule has 2 unspecified atom stereocenters. The van der Waals surface area contributed by atoms with Crippen LogP contribution in [0, 0.1) is 0 Å². The molecule has 392 valence electrons. The third-order valence-electron chi connectivity index (χ3n) is 15.0. The van der Waals surface area contributed by atoms with E-state index in [9.17, 15) is 14.7 Å². The molecule has 0 aliphatic carbocycles. The highest BCUT2D eigenvalue weighted by Gasteiger charge is 2.32. The second-order valence-electron chi connectivity index (χ2n) is 20.6. The summed E-state index contributed by atoms with van der Waals surface area (Å²) in [4.78, 5) is 61.2. The molecular weight excluding hydrogens is 945 g/mol. The average molecular weight is 1020 g/mol. The standard InChI is InChI=1S/C29H34N6O3.C29H36N6O2/c1-3-27(37)33-12-14-34(15-13-33)28-24-9-11-35(26-17-21(36)16-20-6-4-5-7-23(20)26)19-25(24)30-29(31-28)38-22-8-10-32(2)18-22;1-5-27(36)33-15-17-34(18-16-33)28-24-13-14-35(26-12-8-10-22-9-6-7-11-23(22)26)20-25(24)30-29(31-28)37-21(2)19-32(3)4/h3-7,16-17,22,36H,1,8-15,18-19H2,2H3;5-12,21H,1,13-20H2,2-4H3. The van der Waals surface area contributed by atoms with Crippen LogP contribution < -0.4 is 29.1 Å². The van der Waals surface area contributed by atoms with E-state index in [-0.39, 0.29) is 29.8 Å². The molecule has 1 N–H and O–H groups in total. The van der Waals surface area contributed by atoms with Crippen molar-refractivity contribution in [2.24, 2.45) is 0 Å². The van der Waals surface area contributed by atoms with Crippen LogP contribution >= 0.6 is 0 Å².